The number of amides is 1. The van der Waals surface area contributed by atoms with Crippen molar-refractivity contribution < 1.29 is 19.2 Å². The number of ether oxygens (including phenoxy) is 1. The molecule has 7 nitrogen and oxygen atoms in total. The van der Waals surface area contributed by atoms with Crippen molar-refractivity contribution in [2.75, 3.05) is 11.9 Å². The van der Waals surface area contributed by atoms with Gasteiger partial charge in [0.15, 0.2) is 0 Å². The zero-order valence-corrected chi connectivity index (χ0v) is 10.7. The van der Waals surface area contributed by atoms with E-state index in [0.29, 0.717) is 17.7 Å². The van der Waals surface area contributed by atoms with Crippen molar-refractivity contribution >= 4 is 23.3 Å². The number of esters is 1. The second-order valence-electron chi connectivity index (χ2n) is 4.92. The lowest BCUT2D eigenvalue weighted by Gasteiger charge is -2.07. The van der Waals surface area contributed by atoms with Gasteiger partial charge in [-0.2, -0.15) is 0 Å². The van der Waals surface area contributed by atoms with Crippen LogP contribution in [0.15, 0.2) is 18.2 Å². The van der Waals surface area contributed by atoms with Crippen molar-refractivity contribution in [1.82, 2.24) is 0 Å². The van der Waals surface area contributed by atoms with Crippen LogP contribution < -0.4 is 5.32 Å². The average Bonchev–Trinajstić information content (AvgIpc) is 3.09. The number of fused-ring (bicyclic) bond motifs is 2. The largest absolute Gasteiger partial charge is 0.466 e. The molecule has 1 N–H and O–H groups in total. The van der Waals surface area contributed by atoms with Crippen LogP contribution >= 0.6 is 0 Å². The second-order valence-corrected chi connectivity index (χ2v) is 4.92. The molecule has 1 aliphatic carbocycles. The van der Waals surface area contributed by atoms with Crippen LogP contribution in [-0.2, 0) is 19.7 Å². The van der Waals surface area contributed by atoms with Gasteiger partial charge in [0, 0.05) is 17.8 Å². The quantitative estimate of drug-likeness (QED) is 0.510. The Balaban J connectivity index is 2.00. The van der Waals surface area contributed by atoms with E-state index in [0.717, 1.165) is 0 Å². The molecule has 2 atom stereocenters. The van der Waals surface area contributed by atoms with E-state index in [9.17, 15) is 19.7 Å². The number of nitro benzene ring substituents is 1. The second kappa shape index (κ2) is 4.03. The molecule has 1 aromatic carbocycles. The van der Waals surface area contributed by atoms with Gasteiger partial charge in [-0.3, -0.25) is 19.7 Å². The molecule has 0 bridgehead atoms. The molecule has 7 heteroatoms. The summed E-state index contributed by atoms with van der Waals surface area (Å²) in [6, 6.07) is 4.20. The molecule has 1 fully saturated rings. The lowest BCUT2D eigenvalue weighted by atomic mass is 9.94. The van der Waals surface area contributed by atoms with Crippen molar-refractivity contribution in [3.05, 3.63) is 33.9 Å². The van der Waals surface area contributed by atoms with Gasteiger partial charge in [0.1, 0.15) is 0 Å². The maximum atomic E-state index is 12.1. The number of hydrogen-bond donors (Lipinski definition) is 1. The van der Waals surface area contributed by atoms with E-state index in [1.54, 1.807) is 6.92 Å². The Morgan fingerprint density at radius 3 is 3.00 bits per heavy atom. The fourth-order valence-electron chi connectivity index (χ4n) is 2.82. The highest BCUT2D eigenvalue weighted by atomic mass is 16.6. The molecule has 0 radical (unpaired) electrons. The molecule has 1 amide bonds. The lowest BCUT2D eigenvalue weighted by molar-refractivity contribution is -0.384. The topological polar surface area (TPSA) is 98.5 Å². The van der Waals surface area contributed by atoms with Gasteiger partial charge in [-0.1, -0.05) is 0 Å². The highest BCUT2D eigenvalue weighted by Crippen LogP contribution is 2.60. The number of carbonyl (C=O) groups excluding carboxylic acids is 2. The van der Waals surface area contributed by atoms with Crippen LogP contribution in [0.2, 0.25) is 0 Å². The van der Waals surface area contributed by atoms with Crippen molar-refractivity contribution in [3.63, 3.8) is 0 Å². The first kappa shape index (κ1) is 12.6. The van der Waals surface area contributed by atoms with Crippen molar-refractivity contribution in [2.24, 2.45) is 5.92 Å². The smallest absolute Gasteiger partial charge is 0.310 e. The molecule has 104 valence electrons. The molecule has 0 aromatic heterocycles. The molecule has 1 heterocycles. The van der Waals surface area contributed by atoms with Gasteiger partial charge in [-0.25, -0.2) is 0 Å². The summed E-state index contributed by atoms with van der Waals surface area (Å²) in [5.41, 5.74) is -0.00978. The summed E-state index contributed by atoms with van der Waals surface area (Å²) in [5.74, 6) is -1.27. The maximum absolute atomic E-state index is 12.1. The third-order valence-corrected chi connectivity index (χ3v) is 3.88. The summed E-state index contributed by atoms with van der Waals surface area (Å²) in [7, 11) is 0. The van der Waals surface area contributed by atoms with Gasteiger partial charge in [-0.15, -0.1) is 0 Å². The van der Waals surface area contributed by atoms with E-state index in [1.165, 1.54) is 18.2 Å². The molecule has 0 saturated heterocycles. The minimum atomic E-state index is -0.979. The third-order valence-electron chi connectivity index (χ3n) is 3.88. The summed E-state index contributed by atoms with van der Waals surface area (Å²) < 4.78 is 4.94. The van der Waals surface area contributed by atoms with E-state index in [2.05, 4.69) is 5.32 Å². The number of rotatable bonds is 3. The first-order chi connectivity index (χ1) is 9.50. The van der Waals surface area contributed by atoms with Gasteiger partial charge in [0.05, 0.1) is 22.9 Å². The number of hydrogen-bond acceptors (Lipinski definition) is 5. The molecule has 1 aromatic rings. The van der Waals surface area contributed by atoms with E-state index >= 15 is 0 Å². The predicted octanol–water partition coefficient (Wildman–Crippen LogP) is 1.37. The molecule has 2 aliphatic rings. The fourth-order valence-corrected chi connectivity index (χ4v) is 2.82. The highest BCUT2D eigenvalue weighted by Gasteiger charge is 2.68. The minimum absolute atomic E-state index is 0.0888. The Hall–Kier alpha value is -2.44. The Labute approximate surface area is 114 Å². The van der Waals surface area contributed by atoms with E-state index in [4.69, 9.17) is 4.74 Å². The summed E-state index contributed by atoms with van der Waals surface area (Å²) in [6.45, 7) is 1.94. The number of nitrogens with zero attached hydrogens (tertiary/aromatic N) is 1. The average molecular weight is 276 g/mol. The van der Waals surface area contributed by atoms with E-state index < -0.39 is 22.2 Å². The Bertz CT molecular complexity index is 642. The normalized spacial score (nSPS) is 26.1. The van der Waals surface area contributed by atoms with Crippen LogP contribution in [0.4, 0.5) is 11.4 Å². The van der Waals surface area contributed by atoms with Crippen molar-refractivity contribution in [2.45, 2.75) is 18.8 Å². The molecule has 3 rings (SSSR count). The van der Waals surface area contributed by atoms with E-state index in [-0.39, 0.29) is 18.2 Å². The fraction of sp³-hybridized carbons (Fsp3) is 0.385. The predicted molar refractivity (Wildman–Crippen MR) is 68.1 cm³/mol. The van der Waals surface area contributed by atoms with Crippen molar-refractivity contribution in [3.8, 4) is 0 Å². The number of benzene rings is 1. The van der Waals surface area contributed by atoms with Crippen molar-refractivity contribution in [1.29, 1.82) is 0 Å². The summed E-state index contributed by atoms with van der Waals surface area (Å²) in [4.78, 5) is 34.3. The molecular weight excluding hydrogens is 264 g/mol. The Kier molecular flexibility index (Phi) is 2.53. The Morgan fingerprint density at radius 1 is 1.60 bits per heavy atom. The Morgan fingerprint density at radius 2 is 2.35 bits per heavy atom. The van der Waals surface area contributed by atoms with Gasteiger partial charge in [-0.05, 0) is 25.0 Å². The highest BCUT2D eigenvalue weighted by molar-refractivity contribution is 6.12. The van der Waals surface area contributed by atoms with Gasteiger partial charge in [0.2, 0.25) is 5.91 Å². The van der Waals surface area contributed by atoms with Gasteiger partial charge >= 0.3 is 5.97 Å². The number of nitro groups is 1. The first-order valence-electron chi connectivity index (χ1n) is 6.27. The third kappa shape index (κ3) is 1.52. The first-order valence-corrected chi connectivity index (χ1v) is 6.27. The number of nitrogens with one attached hydrogen (secondary N) is 1. The molecule has 0 unspecified atom stereocenters. The molecule has 1 spiro atoms. The maximum Gasteiger partial charge on any atom is 0.310 e. The monoisotopic (exact) mass is 276 g/mol. The summed E-state index contributed by atoms with van der Waals surface area (Å²) in [6.07, 6.45) is 0.339. The zero-order valence-electron chi connectivity index (χ0n) is 10.7. The summed E-state index contributed by atoms with van der Waals surface area (Å²) >= 11 is 0. The molecule has 20 heavy (non-hydrogen) atoms. The molecular formula is C13H12N2O5. The van der Waals surface area contributed by atoms with Crippen LogP contribution in [0, 0.1) is 16.0 Å². The SMILES string of the molecule is CCOC(=O)[C@H]1C[C@]12C(=O)Nc1ccc([N+](=O)[O-])cc12. The number of carbonyl (C=O) groups is 2. The van der Waals surface area contributed by atoms with Crippen LogP contribution in [0.3, 0.4) is 0 Å². The van der Waals surface area contributed by atoms with Gasteiger partial charge < -0.3 is 10.1 Å². The number of non-ortho nitro benzene ring substituents is 1. The minimum Gasteiger partial charge on any atom is -0.466 e. The standard InChI is InChI=1S/C13H12N2O5/c1-2-20-11(16)9-6-13(9)8-5-7(15(18)19)3-4-10(8)14-12(13)17/h3-5,9H,2,6H2,1H3,(H,14,17)/t9-,13-/m1/s1. The lowest BCUT2D eigenvalue weighted by Crippen LogP contribution is -2.25. The molecule has 1 aliphatic heterocycles. The van der Waals surface area contributed by atoms with Gasteiger partial charge in [0.25, 0.3) is 5.69 Å². The summed E-state index contributed by atoms with van der Waals surface area (Å²) in [5, 5.41) is 13.5. The zero-order chi connectivity index (χ0) is 14.5. The number of anilines is 1. The van der Waals surface area contributed by atoms with Crippen LogP contribution in [-0.4, -0.2) is 23.4 Å². The van der Waals surface area contributed by atoms with Crippen LogP contribution in [0.1, 0.15) is 18.9 Å². The van der Waals surface area contributed by atoms with Crippen LogP contribution in [0.25, 0.3) is 0 Å². The molecule has 1 saturated carbocycles. The van der Waals surface area contributed by atoms with Crippen LogP contribution in [0.5, 0.6) is 0 Å². The van der Waals surface area contributed by atoms with E-state index in [1.807, 2.05) is 0 Å².